The second kappa shape index (κ2) is 6.14. The fourth-order valence-corrected chi connectivity index (χ4v) is 3.78. The summed E-state index contributed by atoms with van der Waals surface area (Å²) in [5.41, 5.74) is 1.89. The Morgan fingerprint density at radius 3 is 3.00 bits per heavy atom. The number of fused-ring (bicyclic) bond motifs is 1. The fourth-order valence-electron chi connectivity index (χ4n) is 2.38. The van der Waals surface area contributed by atoms with E-state index in [9.17, 15) is 4.79 Å². The topological polar surface area (TPSA) is 38.8 Å². The molecular weight excluding hydrogens is 318 g/mol. The van der Waals surface area contributed by atoms with Crippen molar-refractivity contribution < 1.29 is 14.3 Å². The summed E-state index contributed by atoms with van der Waals surface area (Å²) in [6, 6.07) is 5.74. The number of carbonyl (C=O) groups excluding carboxylic acids is 1. The molecule has 0 unspecified atom stereocenters. The number of thiocarbonyl (C=S) groups is 1. The standard InChI is InChI=1S/C16H15NO3S2/c1-3-17-15(18)13(22-16(17)21)8-10-7-11-5-4-6-12(19-2)14(11)20-9-10/h4-8H,3,9H2,1-2H3/b13-8-. The van der Waals surface area contributed by atoms with Crippen LogP contribution in [0.4, 0.5) is 0 Å². The van der Waals surface area contributed by atoms with Crippen LogP contribution >= 0.6 is 24.0 Å². The third-order valence-corrected chi connectivity index (χ3v) is 4.84. The molecule has 1 aromatic carbocycles. The van der Waals surface area contributed by atoms with Crippen molar-refractivity contribution in [1.29, 1.82) is 0 Å². The summed E-state index contributed by atoms with van der Waals surface area (Å²) in [6.07, 6.45) is 3.87. The van der Waals surface area contributed by atoms with Crippen LogP contribution in [0.1, 0.15) is 12.5 Å². The van der Waals surface area contributed by atoms with E-state index in [1.54, 1.807) is 12.0 Å². The molecule has 0 bridgehead atoms. The van der Waals surface area contributed by atoms with Crippen LogP contribution in [0.25, 0.3) is 6.08 Å². The summed E-state index contributed by atoms with van der Waals surface area (Å²) in [5, 5.41) is 0. The molecule has 2 heterocycles. The first-order valence-electron chi connectivity index (χ1n) is 6.89. The number of methoxy groups -OCH3 is 1. The quantitative estimate of drug-likeness (QED) is 0.627. The zero-order valence-electron chi connectivity index (χ0n) is 12.3. The number of rotatable bonds is 3. The summed E-state index contributed by atoms with van der Waals surface area (Å²) in [5.74, 6) is 1.42. The minimum Gasteiger partial charge on any atom is -0.493 e. The molecule has 0 saturated carbocycles. The molecule has 22 heavy (non-hydrogen) atoms. The van der Waals surface area contributed by atoms with Crippen LogP contribution in [0.5, 0.6) is 11.5 Å². The molecule has 4 nitrogen and oxygen atoms in total. The van der Waals surface area contributed by atoms with Gasteiger partial charge in [0.1, 0.15) is 10.9 Å². The van der Waals surface area contributed by atoms with Gasteiger partial charge in [-0.05, 0) is 30.7 Å². The first-order valence-corrected chi connectivity index (χ1v) is 8.12. The third kappa shape index (κ3) is 2.64. The number of amides is 1. The van der Waals surface area contributed by atoms with Crippen LogP contribution in [0.2, 0.25) is 0 Å². The van der Waals surface area contributed by atoms with Crippen LogP contribution in [0.3, 0.4) is 0 Å². The molecule has 0 radical (unpaired) electrons. The van der Waals surface area contributed by atoms with Gasteiger partial charge in [-0.3, -0.25) is 9.69 Å². The lowest BCUT2D eigenvalue weighted by Crippen LogP contribution is -2.27. The SMILES string of the molecule is CCN1C(=O)/C(=C/C2=Cc3cccc(OC)c3OC2)SC1=S. The van der Waals surface area contributed by atoms with Crippen LogP contribution in [0, 0.1) is 0 Å². The van der Waals surface area contributed by atoms with Crippen molar-refractivity contribution in [2.24, 2.45) is 0 Å². The van der Waals surface area contributed by atoms with Gasteiger partial charge in [0.2, 0.25) is 0 Å². The van der Waals surface area contributed by atoms with E-state index < -0.39 is 0 Å². The van der Waals surface area contributed by atoms with Gasteiger partial charge in [-0.1, -0.05) is 36.1 Å². The average Bonchev–Trinajstić information content (AvgIpc) is 2.80. The Kier molecular flexibility index (Phi) is 4.22. The number of nitrogens with zero attached hydrogens (tertiary/aromatic N) is 1. The minimum absolute atomic E-state index is 0.0326. The molecule has 0 aliphatic carbocycles. The lowest BCUT2D eigenvalue weighted by Gasteiger charge is -2.18. The van der Waals surface area contributed by atoms with E-state index in [1.807, 2.05) is 37.3 Å². The lowest BCUT2D eigenvalue weighted by molar-refractivity contribution is -0.122. The first kappa shape index (κ1) is 15.1. The lowest BCUT2D eigenvalue weighted by atomic mass is 10.1. The van der Waals surface area contributed by atoms with Crippen molar-refractivity contribution in [1.82, 2.24) is 4.90 Å². The number of hydrogen-bond donors (Lipinski definition) is 0. The molecule has 0 N–H and O–H groups in total. The van der Waals surface area contributed by atoms with E-state index in [-0.39, 0.29) is 5.91 Å². The van der Waals surface area contributed by atoms with E-state index in [0.29, 0.717) is 28.1 Å². The highest BCUT2D eigenvalue weighted by atomic mass is 32.2. The number of benzene rings is 1. The largest absolute Gasteiger partial charge is 0.493 e. The molecule has 1 fully saturated rings. The van der Waals surface area contributed by atoms with E-state index in [2.05, 4.69) is 0 Å². The molecule has 2 aliphatic heterocycles. The zero-order valence-corrected chi connectivity index (χ0v) is 13.9. The summed E-state index contributed by atoms with van der Waals surface area (Å²) in [7, 11) is 1.62. The Bertz CT molecular complexity index is 709. The molecule has 1 amide bonds. The van der Waals surface area contributed by atoms with Gasteiger partial charge in [-0.25, -0.2) is 0 Å². The minimum atomic E-state index is -0.0326. The number of ether oxygens (including phenoxy) is 2. The molecule has 0 spiro atoms. The maximum atomic E-state index is 12.2. The Labute approximate surface area is 138 Å². The molecule has 114 valence electrons. The zero-order chi connectivity index (χ0) is 15.7. The van der Waals surface area contributed by atoms with Crippen LogP contribution in [-0.4, -0.2) is 35.4 Å². The van der Waals surface area contributed by atoms with Crippen molar-refractivity contribution in [3.05, 3.63) is 40.3 Å². The Morgan fingerprint density at radius 1 is 1.50 bits per heavy atom. The highest BCUT2D eigenvalue weighted by Crippen LogP contribution is 2.37. The van der Waals surface area contributed by atoms with E-state index in [4.69, 9.17) is 21.7 Å². The average molecular weight is 333 g/mol. The highest BCUT2D eigenvalue weighted by Gasteiger charge is 2.31. The van der Waals surface area contributed by atoms with E-state index in [0.717, 1.165) is 16.9 Å². The molecule has 0 aromatic heterocycles. The number of likely N-dealkylation sites (N-methyl/N-ethyl adjacent to an activating group) is 1. The van der Waals surface area contributed by atoms with Gasteiger partial charge in [0, 0.05) is 12.1 Å². The summed E-state index contributed by atoms with van der Waals surface area (Å²) < 4.78 is 11.7. The Morgan fingerprint density at radius 2 is 2.32 bits per heavy atom. The summed E-state index contributed by atoms with van der Waals surface area (Å²) in [4.78, 5) is 14.5. The second-order valence-corrected chi connectivity index (χ2v) is 6.49. The molecule has 1 saturated heterocycles. The van der Waals surface area contributed by atoms with Crippen molar-refractivity contribution in [2.45, 2.75) is 6.92 Å². The van der Waals surface area contributed by atoms with Crippen molar-refractivity contribution in [3.63, 3.8) is 0 Å². The van der Waals surface area contributed by atoms with Crippen molar-refractivity contribution >= 4 is 40.3 Å². The van der Waals surface area contributed by atoms with Gasteiger partial charge in [0.25, 0.3) is 5.91 Å². The van der Waals surface area contributed by atoms with Crippen LogP contribution in [0.15, 0.2) is 34.8 Å². The second-order valence-electron chi connectivity index (χ2n) is 4.81. The van der Waals surface area contributed by atoms with E-state index in [1.165, 1.54) is 11.8 Å². The summed E-state index contributed by atoms with van der Waals surface area (Å²) >= 11 is 6.55. The highest BCUT2D eigenvalue weighted by molar-refractivity contribution is 8.26. The van der Waals surface area contributed by atoms with Gasteiger partial charge in [0.05, 0.1) is 12.0 Å². The molecule has 6 heteroatoms. The molecule has 1 aromatic rings. The maximum Gasteiger partial charge on any atom is 0.266 e. The number of carbonyl (C=O) groups is 1. The smallest absolute Gasteiger partial charge is 0.266 e. The van der Waals surface area contributed by atoms with Crippen molar-refractivity contribution in [3.8, 4) is 11.5 Å². The Hall–Kier alpha value is -1.79. The molecule has 2 aliphatic rings. The van der Waals surface area contributed by atoms with Gasteiger partial charge in [-0.2, -0.15) is 0 Å². The van der Waals surface area contributed by atoms with Crippen molar-refractivity contribution in [2.75, 3.05) is 20.3 Å². The molecule has 3 rings (SSSR count). The third-order valence-electron chi connectivity index (χ3n) is 3.46. The monoisotopic (exact) mass is 333 g/mol. The van der Waals surface area contributed by atoms with Gasteiger partial charge < -0.3 is 9.47 Å². The molecular formula is C16H15NO3S2. The predicted octanol–water partition coefficient (Wildman–Crippen LogP) is 3.24. The van der Waals surface area contributed by atoms with Crippen LogP contribution in [-0.2, 0) is 4.79 Å². The maximum absolute atomic E-state index is 12.2. The predicted molar refractivity (Wildman–Crippen MR) is 92.1 cm³/mol. The van der Waals surface area contributed by atoms with E-state index >= 15 is 0 Å². The number of para-hydroxylation sites is 1. The normalized spacial score (nSPS) is 19.1. The van der Waals surface area contributed by atoms with Gasteiger partial charge in [-0.15, -0.1) is 0 Å². The number of thioether (sulfide) groups is 1. The van der Waals surface area contributed by atoms with Gasteiger partial charge >= 0.3 is 0 Å². The van der Waals surface area contributed by atoms with Gasteiger partial charge in [0.15, 0.2) is 11.5 Å². The number of hydrogen-bond acceptors (Lipinski definition) is 5. The fraction of sp³-hybridized carbons (Fsp3) is 0.250. The first-order chi connectivity index (χ1) is 10.6. The molecule has 0 atom stereocenters. The summed E-state index contributed by atoms with van der Waals surface area (Å²) in [6.45, 7) is 2.92. The van der Waals surface area contributed by atoms with Crippen LogP contribution < -0.4 is 9.47 Å². The Balaban J connectivity index is 1.91.